The molecule has 16 heavy (non-hydrogen) atoms. The third kappa shape index (κ3) is 2.28. The van der Waals surface area contributed by atoms with Gasteiger partial charge in [0.2, 0.25) is 0 Å². The quantitative estimate of drug-likeness (QED) is 0.834. The topological polar surface area (TPSA) is 24.9 Å². The Kier molecular flexibility index (Phi) is 3.01. The molecule has 0 aliphatic rings. The number of rotatable bonds is 3. The molecular formula is C14H14N2. The summed E-state index contributed by atoms with van der Waals surface area (Å²) >= 11 is 0. The van der Waals surface area contributed by atoms with Gasteiger partial charge in [-0.1, -0.05) is 24.8 Å². The van der Waals surface area contributed by atoms with Crippen LogP contribution in [0.4, 0.5) is 11.5 Å². The maximum absolute atomic E-state index is 4.22. The summed E-state index contributed by atoms with van der Waals surface area (Å²) in [5.41, 5.74) is 3.41. The molecule has 0 aliphatic carbocycles. The van der Waals surface area contributed by atoms with Crippen LogP contribution < -0.4 is 5.32 Å². The molecule has 0 bridgehead atoms. The van der Waals surface area contributed by atoms with Gasteiger partial charge in [0, 0.05) is 11.9 Å². The van der Waals surface area contributed by atoms with E-state index in [1.54, 1.807) is 6.20 Å². The molecule has 0 saturated heterocycles. The highest BCUT2D eigenvalue weighted by Gasteiger charge is 1.98. The van der Waals surface area contributed by atoms with E-state index in [9.17, 15) is 0 Å². The molecule has 2 rings (SSSR count). The second kappa shape index (κ2) is 4.62. The number of aromatic nitrogens is 1. The first-order valence-electron chi connectivity index (χ1n) is 5.21. The van der Waals surface area contributed by atoms with Gasteiger partial charge in [-0.15, -0.1) is 0 Å². The average molecular weight is 210 g/mol. The lowest BCUT2D eigenvalue weighted by Crippen LogP contribution is -1.93. The SMILES string of the molecule is C=Cc1ccc(Nc2ccccn2)cc1C. The first kappa shape index (κ1) is 10.4. The highest BCUT2D eigenvalue weighted by atomic mass is 15.0. The van der Waals surface area contributed by atoms with Gasteiger partial charge in [0.1, 0.15) is 5.82 Å². The summed E-state index contributed by atoms with van der Waals surface area (Å²) in [5, 5.41) is 3.25. The van der Waals surface area contributed by atoms with Gasteiger partial charge in [0.25, 0.3) is 0 Å². The number of nitrogens with one attached hydrogen (secondary N) is 1. The predicted octanol–water partition coefficient (Wildman–Crippen LogP) is 3.78. The summed E-state index contributed by atoms with van der Waals surface area (Å²) in [5.74, 6) is 0.855. The zero-order valence-electron chi connectivity index (χ0n) is 9.27. The second-order valence-electron chi connectivity index (χ2n) is 3.62. The Labute approximate surface area is 95.7 Å². The van der Waals surface area contributed by atoms with Gasteiger partial charge in [0.05, 0.1) is 0 Å². The number of anilines is 2. The second-order valence-corrected chi connectivity index (χ2v) is 3.62. The predicted molar refractivity (Wildman–Crippen MR) is 68.8 cm³/mol. The number of hydrogen-bond acceptors (Lipinski definition) is 2. The van der Waals surface area contributed by atoms with Crippen LogP contribution in [-0.4, -0.2) is 4.98 Å². The van der Waals surface area contributed by atoms with Crippen LogP contribution >= 0.6 is 0 Å². The number of hydrogen-bond donors (Lipinski definition) is 1. The normalized spacial score (nSPS) is 9.81. The zero-order valence-corrected chi connectivity index (χ0v) is 9.27. The summed E-state index contributed by atoms with van der Waals surface area (Å²) < 4.78 is 0. The van der Waals surface area contributed by atoms with Crippen molar-refractivity contribution in [3.63, 3.8) is 0 Å². The Morgan fingerprint density at radius 1 is 1.25 bits per heavy atom. The number of nitrogens with zero attached hydrogens (tertiary/aromatic N) is 1. The molecule has 80 valence electrons. The van der Waals surface area contributed by atoms with E-state index in [0.29, 0.717) is 0 Å². The van der Waals surface area contributed by atoms with Gasteiger partial charge < -0.3 is 5.32 Å². The highest BCUT2D eigenvalue weighted by molar-refractivity contribution is 5.62. The van der Waals surface area contributed by atoms with E-state index in [1.807, 2.05) is 36.4 Å². The molecule has 0 saturated carbocycles. The minimum Gasteiger partial charge on any atom is -0.340 e. The van der Waals surface area contributed by atoms with Crippen LogP contribution in [-0.2, 0) is 0 Å². The van der Waals surface area contributed by atoms with Gasteiger partial charge in [-0.25, -0.2) is 4.98 Å². The Morgan fingerprint density at radius 2 is 2.12 bits per heavy atom. The summed E-state index contributed by atoms with van der Waals surface area (Å²) in [6.07, 6.45) is 3.63. The summed E-state index contributed by atoms with van der Waals surface area (Å²) in [7, 11) is 0. The van der Waals surface area contributed by atoms with Crippen molar-refractivity contribution >= 4 is 17.6 Å². The first-order valence-corrected chi connectivity index (χ1v) is 5.21. The number of pyridine rings is 1. The van der Waals surface area contributed by atoms with Crippen molar-refractivity contribution in [2.75, 3.05) is 5.32 Å². The van der Waals surface area contributed by atoms with Crippen molar-refractivity contribution in [2.45, 2.75) is 6.92 Å². The van der Waals surface area contributed by atoms with Gasteiger partial charge in [-0.2, -0.15) is 0 Å². The minimum absolute atomic E-state index is 0.855. The van der Waals surface area contributed by atoms with Gasteiger partial charge in [-0.05, 0) is 42.3 Å². The zero-order chi connectivity index (χ0) is 11.4. The average Bonchev–Trinajstić information content (AvgIpc) is 2.31. The Hall–Kier alpha value is -2.09. The van der Waals surface area contributed by atoms with E-state index in [0.717, 1.165) is 17.1 Å². The fourth-order valence-electron chi connectivity index (χ4n) is 1.57. The lowest BCUT2D eigenvalue weighted by Gasteiger charge is -2.07. The molecule has 0 radical (unpaired) electrons. The summed E-state index contributed by atoms with van der Waals surface area (Å²) in [6.45, 7) is 5.84. The van der Waals surface area contributed by atoms with E-state index in [1.165, 1.54) is 5.56 Å². The van der Waals surface area contributed by atoms with E-state index in [-0.39, 0.29) is 0 Å². The standard InChI is InChI=1S/C14H14N2/c1-3-12-7-8-13(10-11(12)2)16-14-6-4-5-9-15-14/h3-10H,1H2,2H3,(H,15,16). The molecule has 0 unspecified atom stereocenters. The molecule has 0 aliphatic heterocycles. The largest absolute Gasteiger partial charge is 0.340 e. The fraction of sp³-hybridized carbons (Fsp3) is 0.0714. The Balaban J connectivity index is 2.23. The monoisotopic (exact) mass is 210 g/mol. The molecule has 0 spiro atoms. The maximum atomic E-state index is 4.22. The van der Waals surface area contributed by atoms with Crippen LogP contribution in [0.3, 0.4) is 0 Å². The lowest BCUT2D eigenvalue weighted by molar-refractivity contribution is 1.30. The number of benzene rings is 1. The molecule has 0 atom stereocenters. The van der Waals surface area contributed by atoms with E-state index >= 15 is 0 Å². The van der Waals surface area contributed by atoms with Crippen molar-refractivity contribution in [1.29, 1.82) is 0 Å². The fourth-order valence-corrected chi connectivity index (χ4v) is 1.57. The number of aryl methyl sites for hydroxylation is 1. The molecule has 1 N–H and O–H groups in total. The van der Waals surface area contributed by atoms with Crippen LogP contribution in [0.5, 0.6) is 0 Å². The minimum atomic E-state index is 0.855. The van der Waals surface area contributed by atoms with Crippen LogP contribution in [0, 0.1) is 6.92 Å². The molecule has 1 aromatic carbocycles. The Morgan fingerprint density at radius 3 is 2.75 bits per heavy atom. The third-order valence-corrected chi connectivity index (χ3v) is 2.43. The van der Waals surface area contributed by atoms with Gasteiger partial charge in [0.15, 0.2) is 0 Å². The molecule has 2 heteroatoms. The van der Waals surface area contributed by atoms with Crippen LogP contribution in [0.25, 0.3) is 6.08 Å². The molecule has 1 heterocycles. The molecule has 0 amide bonds. The molecule has 0 fully saturated rings. The van der Waals surface area contributed by atoms with Gasteiger partial charge >= 0.3 is 0 Å². The molecule has 2 aromatic rings. The van der Waals surface area contributed by atoms with Crippen molar-refractivity contribution in [1.82, 2.24) is 4.98 Å². The van der Waals surface area contributed by atoms with E-state index < -0.39 is 0 Å². The highest BCUT2D eigenvalue weighted by Crippen LogP contribution is 2.18. The maximum Gasteiger partial charge on any atom is 0.130 e. The van der Waals surface area contributed by atoms with Crippen molar-refractivity contribution in [3.05, 3.63) is 60.3 Å². The molecular weight excluding hydrogens is 196 g/mol. The summed E-state index contributed by atoms with van der Waals surface area (Å²) in [4.78, 5) is 4.22. The third-order valence-electron chi connectivity index (χ3n) is 2.43. The van der Waals surface area contributed by atoms with Gasteiger partial charge in [-0.3, -0.25) is 0 Å². The molecule has 2 nitrogen and oxygen atoms in total. The van der Waals surface area contributed by atoms with Crippen molar-refractivity contribution < 1.29 is 0 Å². The van der Waals surface area contributed by atoms with Crippen LogP contribution in [0.1, 0.15) is 11.1 Å². The van der Waals surface area contributed by atoms with Crippen molar-refractivity contribution in [2.24, 2.45) is 0 Å². The van der Waals surface area contributed by atoms with Crippen LogP contribution in [0.2, 0.25) is 0 Å². The Bertz CT molecular complexity index is 489. The van der Waals surface area contributed by atoms with Crippen molar-refractivity contribution in [3.8, 4) is 0 Å². The first-order chi connectivity index (χ1) is 7.79. The summed E-state index contributed by atoms with van der Waals surface area (Å²) in [6, 6.07) is 12.0. The smallest absolute Gasteiger partial charge is 0.130 e. The van der Waals surface area contributed by atoms with E-state index in [2.05, 4.69) is 29.9 Å². The lowest BCUT2D eigenvalue weighted by atomic mass is 10.1. The molecule has 1 aromatic heterocycles. The van der Waals surface area contributed by atoms with E-state index in [4.69, 9.17) is 0 Å². The van der Waals surface area contributed by atoms with Crippen LogP contribution in [0.15, 0.2) is 49.2 Å².